The molecule has 9 heteroatoms. The van der Waals surface area contributed by atoms with Crippen molar-refractivity contribution in [2.75, 3.05) is 52.5 Å². The van der Waals surface area contributed by atoms with Crippen molar-refractivity contribution in [1.82, 2.24) is 15.5 Å². The number of rotatable bonds is 9. The average Bonchev–Trinajstić information content (AvgIpc) is 2.65. The van der Waals surface area contributed by atoms with E-state index in [1.807, 2.05) is 13.0 Å². The maximum atomic E-state index is 12.2. The summed E-state index contributed by atoms with van der Waals surface area (Å²) in [6.07, 6.45) is -2.48. The molecular weight excluding hydrogens is 469 g/mol. The van der Waals surface area contributed by atoms with E-state index in [2.05, 4.69) is 20.5 Å². The Kier molecular flexibility index (Phi) is 12.3. The predicted octanol–water partition coefficient (Wildman–Crippen LogP) is 2.34. The van der Waals surface area contributed by atoms with Crippen LogP contribution in [-0.4, -0.2) is 69.8 Å². The van der Waals surface area contributed by atoms with E-state index in [1.54, 1.807) is 18.2 Å². The number of alkyl halides is 2. The SMILES string of the molecule is CCNC(=NCc1cccc(OCC(F)F)c1)NCCN1CCOCC1.I. The van der Waals surface area contributed by atoms with Gasteiger partial charge in [-0.15, -0.1) is 24.0 Å². The van der Waals surface area contributed by atoms with Crippen LogP contribution in [0.4, 0.5) is 8.78 Å². The number of hydrogen-bond donors (Lipinski definition) is 2. The number of guanidine groups is 1. The van der Waals surface area contributed by atoms with Crippen molar-refractivity contribution in [2.45, 2.75) is 19.9 Å². The Morgan fingerprint density at radius 3 is 2.78 bits per heavy atom. The first-order chi connectivity index (χ1) is 12.7. The molecular formula is C18H29F2IN4O2. The Hall–Kier alpha value is -1.20. The number of nitrogens with one attached hydrogen (secondary N) is 2. The molecule has 2 N–H and O–H groups in total. The highest BCUT2D eigenvalue weighted by Gasteiger charge is 2.09. The molecule has 0 spiro atoms. The van der Waals surface area contributed by atoms with Crippen LogP contribution in [0.15, 0.2) is 29.3 Å². The molecule has 0 atom stereocenters. The Labute approximate surface area is 176 Å². The first-order valence-electron chi connectivity index (χ1n) is 8.99. The van der Waals surface area contributed by atoms with Crippen LogP contribution >= 0.6 is 24.0 Å². The molecule has 1 aliphatic rings. The molecule has 1 aromatic carbocycles. The summed E-state index contributed by atoms with van der Waals surface area (Å²) >= 11 is 0. The van der Waals surface area contributed by atoms with Crippen molar-refractivity contribution in [1.29, 1.82) is 0 Å². The fourth-order valence-corrected chi connectivity index (χ4v) is 2.56. The lowest BCUT2D eigenvalue weighted by atomic mass is 10.2. The fourth-order valence-electron chi connectivity index (χ4n) is 2.56. The van der Waals surface area contributed by atoms with Gasteiger partial charge in [-0.2, -0.15) is 0 Å². The first-order valence-corrected chi connectivity index (χ1v) is 8.99. The van der Waals surface area contributed by atoms with Crippen LogP contribution in [0.2, 0.25) is 0 Å². The van der Waals surface area contributed by atoms with E-state index in [1.165, 1.54) is 0 Å². The summed E-state index contributed by atoms with van der Waals surface area (Å²) in [6.45, 7) is 7.85. The minimum absolute atomic E-state index is 0. The Morgan fingerprint density at radius 2 is 2.07 bits per heavy atom. The molecule has 1 aliphatic heterocycles. The number of hydrogen-bond acceptors (Lipinski definition) is 4. The minimum Gasteiger partial charge on any atom is -0.488 e. The van der Waals surface area contributed by atoms with E-state index >= 15 is 0 Å². The number of nitrogens with zero attached hydrogens (tertiary/aromatic N) is 2. The molecule has 0 unspecified atom stereocenters. The number of aliphatic imine (C=N–C) groups is 1. The summed E-state index contributed by atoms with van der Waals surface area (Å²) in [6, 6.07) is 7.09. The fraction of sp³-hybridized carbons (Fsp3) is 0.611. The topological polar surface area (TPSA) is 58.1 Å². The second-order valence-electron chi connectivity index (χ2n) is 5.93. The standard InChI is InChI=1S/C18H28F2N4O2.HI/c1-2-21-18(22-6-7-24-8-10-25-11-9-24)23-13-15-4-3-5-16(12-15)26-14-17(19)20;/h3-5,12,17H,2,6-11,13-14H2,1H3,(H2,21,22,23);1H. The highest BCUT2D eigenvalue weighted by molar-refractivity contribution is 14.0. The highest BCUT2D eigenvalue weighted by atomic mass is 127. The van der Waals surface area contributed by atoms with Crippen molar-refractivity contribution in [2.24, 2.45) is 4.99 Å². The van der Waals surface area contributed by atoms with E-state index in [0.717, 1.165) is 57.5 Å². The number of morpholine rings is 1. The first kappa shape index (κ1) is 23.8. The van der Waals surface area contributed by atoms with Crippen LogP contribution in [0.5, 0.6) is 5.75 Å². The zero-order chi connectivity index (χ0) is 18.6. The van der Waals surface area contributed by atoms with Gasteiger partial charge < -0.3 is 20.1 Å². The summed E-state index contributed by atoms with van der Waals surface area (Å²) in [7, 11) is 0. The molecule has 0 radical (unpaired) electrons. The van der Waals surface area contributed by atoms with E-state index in [-0.39, 0.29) is 24.0 Å². The average molecular weight is 498 g/mol. The summed E-state index contributed by atoms with van der Waals surface area (Å²) in [5, 5.41) is 6.53. The molecule has 2 rings (SSSR count). The normalized spacial score (nSPS) is 15.3. The monoisotopic (exact) mass is 498 g/mol. The second kappa shape index (κ2) is 13.9. The molecule has 27 heavy (non-hydrogen) atoms. The van der Waals surface area contributed by atoms with Crippen molar-refractivity contribution in [3.8, 4) is 5.75 Å². The molecule has 154 valence electrons. The van der Waals surface area contributed by atoms with Gasteiger partial charge in [0.05, 0.1) is 19.8 Å². The predicted molar refractivity (Wildman–Crippen MR) is 113 cm³/mol. The quantitative estimate of drug-likeness (QED) is 0.311. The zero-order valence-electron chi connectivity index (χ0n) is 15.6. The molecule has 1 aromatic rings. The Balaban J connectivity index is 0.00000364. The van der Waals surface area contributed by atoms with Gasteiger partial charge in [0.25, 0.3) is 6.43 Å². The van der Waals surface area contributed by atoms with E-state index < -0.39 is 13.0 Å². The molecule has 0 bridgehead atoms. The van der Waals surface area contributed by atoms with Gasteiger partial charge in [-0.05, 0) is 24.6 Å². The molecule has 0 amide bonds. The molecule has 1 fully saturated rings. The molecule has 1 heterocycles. The van der Waals surface area contributed by atoms with Gasteiger partial charge in [-0.25, -0.2) is 13.8 Å². The van der Waals surface area contributed by atoms with Gasteiger partial charge in [0.15, 0.2) is 5.96 Å². The van der Waals surface area contributed by atoms with Gasteiger partial charge in [0.2, 0.25) is 0 Å². The van der Waals surface area contributed by atoms with E-state index in [4.69, 9.17) is 9.47 Å². The Bertz CT molecular complexity index is 558. The summed E-state index contributed by atoms with van der Waals surface area (Å²) in [5.74, 6) is 1.17. The second-order valence-corrected chi connectivity index (χ2v) is 5.93. The zero-order valence-corrected chi connectivity index (χ0v) is 18.0. The van der Waals surface area contributed by atoms with Gasteiger partial charge >= 0.3 is 0 Å². The molecule has 6 nitrogen and oxygen atoms in total. The molecule has 0 aliphatic carbocycles. The number of ether oxygens (including phenoxy) is 2. The van der Waals surface area contributed by atoms with Gasteiger partial charge in [0, 0.05) is 32.7 Å². The number of halogens is 3. The van der Waals surface area contributed by atoms with Gasteiger partial charge in [0.1, 0.15) is 12.4 Å². The summed E-state index contributed by atoms with van der Waals surface area (Å²) < 4.78 is 34.9. The lowest BCUT2D eigenvalue weighted by molar-refractivity contribution is 0.0389. The van der Waals surface area contributed by atoms with E-state index in [0.29, 0.717) is 12.3 Å². The lowest BCUT2D eigenvalue weighted by Gasteiger charge is -2.26. The van der Waals surface area contributed by atoms with Crippen LogP contribution in [0.1, 0.15) is 12.5 Å². The maximum Gasteiger partial charge on any atom is 0.272 e. The van der Waals surface area contributed by atoms with Crippen molar-refractivity contribution in [3.63, 3.8) is 0 Å². The summed E-state index contributed by atoms with van der Waals surface area (Å²) in [4.78, 5) is 6.90. The largest absolute Gasteiger partial charge is 0.488 e. The van der Waals surface area contributed by atoms with E-state index in [9.17, 15) is 8.78 Å². The van der Waals surface area contributed by atoms with Crippen molar-refractivity contribution < 1.29 is 18.3 Å². The van der Waals surface area contributed by atoms with Crippen LogP contribution in [0, 0.1) is 0 Å². The van der Waals surface area contributed by atoms with Gasteiger partial charge in [-0.3, -0.25) is 4.90 Å². The van der Waals surface area contributed by atoms with Crippen LogP contribution < -0.4 is 15.4 Å². The van der Waals surface area contributed by atoms with Crippen molar-refractivity contribution >= 4 is 29.9 Å². The maximum absolute atomic E-state index is 12.2. The smallest absolute Gasteiger partial charge is 0.272 e. The third-order valence-corrected chi connectivity index (χ3v) is 3.86. The molecule has 0 saturated carbocycles. The molecule has 0 aromatic heterocycles. The lowest BCUT2D eigenvalue weighted by Crippen LogP contribution is -2.44. The van der Waals surface area contributed by atoms with Crippen LogP contribution in [0.25, 0.3) is 0 Å². The summed E-state index contributed by atoms with van der Waals surface area (Å²) in [5.41, 5.74) is 0.905. The van der Waals surface area contributed by atoms with Crippen LogP contribution in [0.3, 0.4) is 0 Å². The highest BCUT2D eigenvalue weighted by Crippen LogP contribution is 2.14. The third kappa shape index (κ3) is 10.1. The van der Waals surface area contributed by atoms with Crippen molar-refractivity contribution in [3.05, 3.63) is 29.8 Å². The van der Waals surface area contributed by atoms with Crippen LogP contribution in [-0.2, 0) is 11.3 Å². The third-order valence-electron chi connectivity index (χ3n) is 3.86. The number of benzene rings is 1. The minimum atomic E-state index is -2.48. The molecule has 1 saturated heterocycles. The van der Waals surface area contributed by atoms with Gasteiger partial charge in [-0.1, -0.05) is 12.1 Å². The Morgan fingerprint density at radius 1 is 1.30 bits per heavy atom.